The molecule has 3 N–H and O–H groups in total. The van der Waals surface area contributed by atoms with Gasteiger partial charge in [-0.05, 0) is 77.9 Å². The number of anilines is 2. The Morgan fingerprint density at radius 1 is 0.688 bits per heavy atom. The third-order valence-corrected chi connectivity index (χ3v) is 8.10. The molecular weight excluding hydrogens is 642 g/mol. The lowest BCUT2D eigenvalue weighted by Crippen LogP contribution is -2.30. The Morgan fingerprint density at radius 3 is 1.98 bits per heavy atom. The van der Waals surface area contributed by atoms with Gasteiger partial charge in [0.15, 0.2) is 0 Å². The number of halogens is 4. The lowest BCUT2D eigenvalue weighted by atomic mass is 10.1. The van der Waals surface area contributed by atoms with Crippen LogP contribution in [-0.2, 0) is 15.8 Å². The van der Waals surface area contributed by atoms with Crippen LogP contribution < -0.4 is 16.0 Å². The fourth-order valence-electron chi connectivity index (χ4n) is 4.53. The quantitative estimate of drug-likeness (QED) is 0.0789. The number of thioether (sulfide) groups is 1. The highest BCUT2D eigenvalue weighted by Gasteiger charge is 2.31. The molecule has 48 heavy (non-hydrogen) atoms. The Morgan fingerprint density at radius 2 is 1.31 bits per heavy atom. The molecule has 0 aliphatic heterocycles. The van der Waals surface area contributed by atoms with E-state index in [0.29, 0.717) is 27.3 Å². The molecule has 0 saturated carbocycles. The van der Waals surface area contributed by atoms with Gasteiger partial charge in [-0.1, -0.05) is 72.8 Å². The van der Waals surface area contributed by atoms with E-state index < -0.39 is 40.5 Å². The lowest BCUT2D eigenvalue weighted by Gasteiger charge is -2.18. The summed E-state index contributed by atoms with van der Waals surface area (Å²) in [5, 5.41) is 7.10. The first-order chi connectivity index (χ1) is 23.0. The van der Waals surface area contributed by atoms with Crippen LogP contribution in [-0.4, -0.2) is 17.7 Å². The van der Waals surface area contributed by atoms with Crippen LogP contribution in [0.4, 0.5) is 28.9 Å². The monoisotopic (exact) mass is 669 g/mol. The van der Waals surface area contributed by atoms with Gasteiger partial charge in [0.1, 0.15) is 16.8 Å². The molecule has 0 heterocycles. The van der Waals surface area contributed by atoms with Crippen molar-refractivity contribution in [1.82, 2.24) is 5.32 Å². The number of hydrogen-bond acceptors (Lipinski definition) is 4. The number of rotatable bonds is 10. The molecule has 11 heteroatoms. The summed E-state index contributed by atoms with van der Waals surface area (Å²) in [7, 11) is 0. The number of carbonyl (C=O) groups excluding carboxylic acids is 3. The molecule has 6 nitrogen and oxygen atoms in total. The Kier molecular flexibility index (Phi) is 10.7. The molecule has 5 rings (SSSR count). The number of nitrogens with one attached hydrogen (secondary N) is 3. The summed E-state index contributed by atoms with van der Waals surface area (Å²) in [6.07, 6.45) is -3.16. The zero-order valence-electron chi connectivity index (χ0n) is 25.0. The van der Waals surface area contributed by atoms with Crippen LogP contribution >= 0.6 is 11.8 Å². The van der Waals surface area contributed by atoms with E-state index in [1.165, 1.54) is 42.5 Å². The maximum atomic E-state index is 13.5. The summed E-state index contributed by atoms with van der Waals surface area (Å²) >= 11 is 1.14. The summed E-state index contributed by atoms with van der Waals surface area (Å²) in [6, 6.07) is 33.4. The fraction of sp³-hybridized carbons (Fsp3) is 0.0541. The van der Waals surface area contributed by atoms with E-state index in [1.54, 1.807) is 84.9 Å². The largest absolute Gasteiger partial charge is 0.416 e. The Labute approximate surface area is 277 Å². The summed E-state index contributed by atoms with van der Waals surface area (Å²) in [5.74, 6) is -2.19. The SMILES string of the molecule is O=C(Nc1cccc(SC(C(=O)Nc2cccc(C(F)(F)F)c2)c2ccccc2)c1)/C(=C/c1ccc(F)cc1)NC(=O)c1ccccc1. The molecule has 0 fully saturated rings. The molecule has 242 valence electrons. The smallest absolute Gasteiger partial charge is 0.325 e. The van der Waals surface area contributed by atoms with Crippen LogP contribution in [0.15, 0.2) is 144 Å². The lowest BCUT2D eigenvalue weighted by molar-refractivity contribution is -0.137. The molecule has 3 amide bonds. The van der Waals surface area contributed by atoms with Crippen molar-refractivity contribution in [3.05, 3.63) is 167 Å². The summed E-state index contributed by atoms with van der Waals surface area (Å²) < 4.78 is 53.3. The van der Waals surface area contributed by atoms with Gasteiger partial charge in [-0.2, -0.15) is 13.2 Å². The van der Waals surface area contributed by atoms with Gasteiger partial charge in [0.05, 0.1) is 5.56 Å². The average Bonchev–Trinajstić information content (AvgIpc) is 3.08. The first-order valence-electron chi connectivity index (χ1n) is 14.5. The van der Waals surface area contributed by atoms with E-state index in [-0.39, 0.29) is 11.4 Å². The minimum absolute atomic E-state index is 0.00427. The maximum absolute atomic E-state index is 13.5. The Balaban J connectivity index is 1.37. The van der Waals surface area contributed by atoms with Crippen molar-refractivity contribution in [3.63, 3.8) is 0 Å². The second-order valence-electron chi connectivity index (χ2n) is 10.4. The zero-order chi connectivity index (χ0) is 34.1. The number of carbonyl (C=O) groups is 3. The second-order valence-corrected chi connectivity index (χ2v) is 11.6. The van der Waals surface area contributed by atoms with Gasteiger partial charge in [-0.25, -0.2) is 4.39 Å². The van der Waals surface area contributed by atoms with Crippen molar-refractivity contribution < 1.29 is 31.9 Å². The average molecular weight is 670 g/mol. The third kappa shape index (κ3) is 9.20. The van der Waals surface area contributed by atoms with E-state index in [2.05, 4.69) is 16.0 Å². The second kappa shape index (κ2) is 15.3. The maximum Gasteiger partial charge on any atom is 0.416 e. The van der Waals surface area contributed by atoms with Gasteiger partial charge < -0.3 is 16.0 Å². The summed E-state index contributed by atoms with van der Waals surface area (Å²) in [5.41, 5.74) is 0.747. The van der Waals surface area contributed by atoms with Crippen molar-refractivity contribution in [2.45, 2.75) is 16.3 Å². The van der Waals surface area contributed by atoms with Gasteiger partial charge in [0.25, 0.3) is 11.8 Å². The molecule has 1 atom stereocenters. The van der Waals surface area contributed by atoms with Crippen molar-refractivity contribution in [1.29, 1.82) is 0 Å². The Bertz CT molecular complexity index is 1930. The highest BCUT2D eigenvalue weighted by atomic mass is 32.2. The van der Waals surface area contributed by atoms with Gasteiger partial charge in [0.2, 0.25) is 5.91 Å². The molecule has 5 aromatic carbocycles. The minimum atomic E-state index is -4.57. The van der Waals surface area contributed by atoms with Crippen LogP contribution in [0.3, 0.4) is 0 Å². The van der Waals surface area contributed by atoms with Crippen molar-refractivity contribution in [2.75, 3.05) is 10.6 Å². The van der Waals surface area contributed by atoms with Crippen LogP contribution in [0.25, 0.3) is 6.08 Å². The van der Waals surface area contributed by atoms with Crippen molar-refractivity contribution in [3.8, 4) is 0 Å². The Hall–Kier alpha value is -5.68. The van der Waals surface area contributed by atoms with E-state index in [9.17, 15) is 31.9 Å². The zero-order valence-corrected chi connectivity index (χ0v) is 25.8. The predicted molar refractivity (Wildman–Crippen MR) is 178 cm³/mol. The van der Waals surface area contributed by atoms with Gasteiger partial charge in [-0.3, -0.25) is 14.4 Å². The normalized spacial score (nSPS) is 12.1. The summed E-state index contributed by atoms with van der Waals surface area (Å²) in [6.45, 7) is 0. The number of hydrogen-bond donors (Lipinski definition) is 3. The summed E-state index contributed by atoms with van der Waals surface area (Å²) in [4.78, 5) is 40.5. The van der Waals surface area contributed by atoms with Gasteiger partial charge >= 0.3 is 6.18 Å². The van der Waals surface area contributed by atoms with Gasteiger partial charge in [-0.15, -0.1) is 11.8 Å². The predicted octanol–water partition coefficient (Wildman–Crippen LogP) is 8.73. The van der Waals surface area contributed by atoms with Crippen molar-refractivity contribution in [2.24, 2.45) is 0 Å². The van der Waals surface area contributed by atoms with E-state index in [0.717, 1.165) is 23.9 Å². The minimum Gasteiger partial charge on any atom is -0.325 e. The molecule has 0 aromatic heterocycles. The van der Waals surface area contributed by atoms with Crippen molar-refractivity contribution >= 4 is 46.9 Å². The van der Waals surface area contributed by atoms with Crippen LogP contribution in [0.2, 0.25) is 0 Å². The molecule has 1 unspecified atom stereocenters. The molecule has 0 radical (unpaired) electrons. The molecule has 5 aromatic rings. The standard InChI is InChI=1S/C37H27F4N3O3S/c38-28-19-17-24(18-20-28)21-32(44-34(45)26-11-5-2-6-12-26)35(46)42-30-15-8-16-31(23-30)48-33(25-9-3-1-4-10-25)36(47)43-29-14-7-13-27(22-29)37(39,40)41/h1-23,33H,(H,42,46)(H,43,47)(H,44,45)/b32-21-. The van der Waals surface area contributed by atoms with Crippen LogP contribution in [0, 0.1) is 5.82 Å². The highest BCUT2D eigenvalue weighted by molar-refractivity contribution is 8.00. The third-order valence-electron chi connectivity index (χ3n) is 6.85. The topological polar surface area (TPSA) is 87.3 Å². The fourth-order valence-corrected chi connectivity index (χ4v) is 5.62. The number of amides is 3. The highest BCUT2D eigenvalue weighted by Crippen LogP contribution is 2.38. The van der Waals surface area contributed by atoms with Crippen LogP contribution in [0.5, 0.6) is 0 Å². The molecule has 0 bridgehead atoms. The molecule has 0 saturated heterocycles. The molecule has 0 aliphatic carbocycles. The van der Waals surface area contributed by atoms with E-state index in [4.69, 9.17) is 0 Å². The van der Waals surface area contributed by atoms with E-state index >= 15 is 0 Å². The molecule has 0 aliphatic rings. The van der Waals surface area contributed by atoms with Crippen LogP contribution in [0.1, 0.15) is 32.3 Å². The molecule has 0 spiro atoms. The first-order valence-corrected chi connectivity index (χ1v) is 15.4. The number of benzene rings is 5. The van der Waals surface area contributed by atoms with E-state index in [1.807, 2.05) is 0 Å². The van der Waals surface area contributed by atoms with Gasteiger partial charge in [0, 0.05) is 21.8 Å². The number of alkyl halides is 3. The first kappa shape index (κ1) is 33.7. The molecular formula is C37H27F4N3O3S.